The fraction of sp³-hybridized carbons (Fsp3) is 0.562. The smallest absolute Gasteiger partial charge is 0.320 e. The summed E-state index contributed by atoms with van der Waals surface area (Å²) in [5.41, 5.74) is 4.01. The predicted octanol–water partition coefficient (Wildman–Crippen LogP) is 6.11. The van der Waals surface area contributed by atoms with Crippen molar-refractivity contribution in [2.75, 3.05) is 19.6 Å². The van der Waals surface area contributed by atoms with E-state index < -0.39 is 0 Å². The zero-order chi connectivity index (χ0) is 29.1. The average Bonchev–Trinajstić information content (AvgIpc) is 3.26. The Hall–Kier alpha value is -3.31. The Morgan fingerprint density at radius 2 is 1.85 bits per heavy atom. The van der Waals surface area contributed by atoms with Crippen LogP contribution in [0.5, 0.6) is 0 Å². The van der Waals surface area contributed by atoms with Crippen LogP contribution in [0, 0.1) is 37.9 Å². The van der Waals surface area contributed by atoms with E-state index in [2.05, 4.69) is 16.8 Å². The molecule has 40 heavy (non-hydrogen) atoms. The number of hydrogen-bond acceptors (Lipinski definition) is 5. The summed E-state index contributed by atoms with van der Waals surface area (Å²) >= 11 is 0. The third-order valence-electron chi connectivity index (χ3n) is 8.64. The van der Waals surface area contributed by atoms with Crippen molar-refractivity contribution in [3.05, 3.63) is 63.7 Å². The molecule has 214 valence electrons. The van der Waals surface area contributed by atoms with Crippen LogP contribution in [-0.4, -0.2) is 69.3 Å². The van der Waals surface area contributed by atoms with Gasteiger partial charge >= 0.3 is 6.03 Å². The molecule has 1 aromatic carbocycles. The molecule has 0 saturated carbocycles. The maximum atomic E-state index is 14.9. The number of pyridine rings is 1. The Balaban J connectivity index is 1.35. The van der Waals surface area contributed by atoms with Gasteiger partial charge in [0.2, 0.25) is 0 Å². The molecule has 2 aliphatic heterocycles. The van der Waals surface area contributed by atoms with E-state index in [1.54, 1.807) is 19.1 Å². The van der Waals surface area contributed by atoms with Crippen LogP contribution in [0.1, 0.15) is 97.4 Å². The van der Waals surface area contributed by atoms with Crippen molar-refractivity contribution >= 4 is 11.8 Å². The Labute approximate surface area is 238 Å². The minimum atomic E-state index is -0.279. The summed E-state index contributed by atoms with van der Waals surface area (Å²) < 4.78 is 14.9. The number of rotatable bonds is 9. The van der Waals surface area contributed by atoms with Crippen molar-refractivity contribution in [3.63, 3.8) is 0 Å². The van der Waals surface area contributed by atoms with Crippen molar-refractivity contribution in [2.45, 2.75) is 97.8 Å². The summed E-state index contributed by atoms with van der Waals surface area (Å²) in [5, 5.41) is 9.11. The minimum absolute atomic E-state index is 0.00814. The Morgan fingerprint density at radius 3 is 2.48 bits per heavy atom. The van der Waals surface area contributed by atoms with Gasteiger partial charge in [0.1, 0.15) is 17.6 Å². The number of hydrogen-bond donors (Lipinski definition) is 0. The van der Waals surface area contributed by atoms with Gasteiger partial charge in [0, 0.05) is 61.0 Å². The molecule has 0 spiro atoms. The molecule has 3 heterocycles. The second-order valence-electron chi connectivity index (χ2n) is 11.8. The first-order valence-electron chi connectivity index (χ1n) is 14.5. The standard InChI is InChI=1S/C32H42FN5O2/c1-20(2)37-19-29(27-16-21(3)10-11-28(27)33)38(32(37)40)26-12-14-36(15-13-26)23(5)8-7-9-30(39)31-22(4)17-25(18-34)35-24(31)6/h10-11,16-17,20,23,26,29H,7-9,12-15,19H2,1-6H3. The summed E-state index contributed by atoms with van der Waals surface area (Å²) in [6.45, 7) is 14.1. The van der Waals surface area contributed by atoms with Gasteiger partial charge in [-0.15, -0.1) is 0 Å². The number of benzene rings is 1. The summed E-state index contributed by atoms with van der Waals surface area (Å²) in [5.74, 6) is -0.170. The fourth-order valence-electron chi connectivity index (χ4n) is 6.42. The van der Waals surface area contributed by atoms with E-state index in [0.717, 1.165) is 49.9 Å². The van der Waals surface area contributed by atoms with Crippen molar-refractivity contribution in [1.82, 2.24) is 19.7 Å². The van der Waals surface area contributed by atoms with Gasteiger partial charge in [-0.25, -0.2) is 14.2 Å². The number of aryl methyl sites for hydroxylation is 3. The highest BCUT2D eigenvalue weighted by Gasteiger charge is 2.44. The van der Waals surface area contributed by atoms with Crippen LogP contribution < -0.4 is 0 Å². The molecule has 8 heteroatoms. The van der Waals surface area contributed by atoms with Crippen molar-refractivity contribution in [1.29, 1.82) is 5.26 Å². The number of carbonyl (C=O) groups is 2. The third-order valence-corrected chi connectivity index (χ3v) is 8.64. The summed E-state index contributed by atoms with van der Waals surface area (Å²) in [4.78, 5) is 36.9. The quantitative estimate of drug-likeness (QED) is 0.354. The van der Waals surface area contributed by atoms with E-state index in [1.165, 1.54) is 6.07 Å². The molecule has 0 N–H and O–H groups in total. The van der Waals surface area contributed by atoms with Crippen LogP contribution in [0.2, 0.25) is 0 Å². The van der Waals surface area contributed by atoms with Gasteiger partial charge in [0.15, 0.2) is 5.78 Å². The number of carbonyl (C=O) groups excluding carboxylic acids is 2. The first-order chi connectivity index (χ1) is 19.0. The predicted molar refractivity (Wildman–Crippen MR) is 154 cm³/mol. The van der Waals surface area contributed by atoms with Crippen LogP contribution in [0.25, 0.3) is 0 Å². The van der Waals surface area contributed by atoms with E-state index >= 15 is 0 Å². The summed E-state index contributed by atoms with van der Waals surface area (Å²) in [6, 6.07) is 9.08. The molecule has 7 nitrogen and oxygen atoms in total. The van der Waals surface area contributed by atoms with Crippen LogP contribution >= 0.6 is 0 Å². The first-order valence-corrected chi connectivity index (χ1v) is 14.5. The van der Waals surface area contributed by atoms with Gasteiger partial charge in [0.25, 0.3) is 0 Å². The molecular weight excluding hydrogens is 505 g/mol. The summed E-state index contributed by atoms with van der Waals surface area (Å²) in [7, 11) is 0. The minimum Gasteiger partial charge on any atom is -0.320 e. The van der Waals surface area contributed by atoms with Crippen LogP contribution in [0.3, 0.4) is 0 Å². The van der Waals surface area contributed by atoms with Crippen LogP contribution in [0.4, 0.5) is 9.18 Å². The highest BCUT2D eigenvalue weighted by atomic mass is 19.1. The second-order valence-corrected chi connectivity index (χ2v) is 11.8. The highest BCUT2D eigenvalue weighted by Crippen LogP contribution is 2.37. The zero-order valence-electron chi connectivity index (χ0n) is 24.7. The first kappa shape index (κ1) is 29.7. The van der Waals surface area contributed by atoms with E-state index in [4.69, 9.17) is 5.26 Å². The Morgan fingerprint density at radius 1 is 1.15 bits per heavy atom. The number of nitriles is 1. The maximum absolute atomic E-state index is 14.9. The van der Waals surface area contributed by atoms with Crippen molar-refractivity contribution < 1.29 is 14.0 Å². The van der Waals surface area contributed by atoms with Crippen LogP contribution in [0.15, 0.2) is 24.3 Å². The number of aromatic nitrogens is 1. The van der Waals surface area contributed by atoms with Gasteiger partial charge in [-0.1, -0.05) is 17.7 Å². The van der Waals surface area contributed by atoms with E-state index in [1.807, 2.05) is 49.6 Å². The molecule has 2 saturated heterocycles. The second kappa shape index (κ2) is 12.5. The van der Waals surface area contributed by atoms with Gasteiger partial charge in [-0.3, -0.25) is 4.79 Å². The molecule has 2 aromatic rings. The SMILES string of the molecule is Cc1ccc(F)c(C2CN(C(C)C)C(=O)N2C2CCN(C(C)CCCC(=O)c3c(C)cc(C#N)nc3C)CC2)c1. The molecular formula is C32H42FN5O2. The molecule has 0 aliphatic carbocycles. The number of halogens is 1. The van der Waals surface area contributed by atoms with Gasteiger partial charge in [0.05, 0.1) is 6.04 Å². The molecule has 0 bridgehead atoms. The lowest BCUT2D eigenvalue weighted by Gasteiger charge is -2.41. The largest absolute Gasteiger partial charge is 0.321 e. The highest BCUT2D eigenvalue weighted by molar-refractivity contribution is 5.98. The number of amides is 2. The lowest BCUT2D eigenvalue weighted by molar-refractivity contribution is 0.0882. The van der Waals surface area contributed by atoms with E-state index in [0.29, 0.717) is 41.5 Å². The monoisotopic (exact) mass is 547 g/mol. The lowest BCUT2D eigenvalue weighted by atomic mass is 9.95. The molecule has 2 unspecified atom stereocenters. The van der Waals surface area contributed by atoms with Gasteiger partial charge in [-0.2, -0.15) is 5.26 Å². The number of likely N-dealkylation sites (tertiary alicyclic amines) is 1. The lowest BCUT2D eigenvalue weighted by Crippen LogP contribution is -2.49. The number of nitrogens with zero attached hydrogens (tertiary/aromatic N) is 5. The maximum Gasteiger partial charge on any atom is 0.321 e. The normalized spacial score (nSPS) is 19.4. The van der Waals surface area contributed by atoms with Gasteiger partial charge in [-0.05, 0) is 84.9 Å². The van der Waals surface area contributed by atoms with Gasteiger partial charge < -0.3 is 14.7 Å². The number of Topliss-reactive ketones (excluding diaryl/α,β-unsaturated/α-hetero) is 1. The molecule has 4 rings (SSSR count). The molecule has 0 radical (unpaired) electrons. The number of urea groups is 1. The average molecular weight is 548 g/mol. The number of ketones is 1. The Kier molecular flexibility index (Phi) is 9.25. The topological polar surface area (TPSA) is 80.5 Å². The zero-order valence-corrected chi connectivity index (χ0v) is 24.7. The van der Waals surface area contributed by atoms with Crippen molar-refractivity contribution in [2.24, 2.45) is 0 Å². The van der Waals surface area contributed by atoms with E-state index in [9.17, 15) is 14.0 Å². The fourth-order valence-corrected chi connectivity index (χ4v) is 6.42. The number of piperidine rings is 1. The molecule has 2 fully saturated rings. The summed E-state index contributed by atoms with van der Waals surface area (Å²) in [6.07, 6.45) is 3.83. The molecule has 2 aliphatic rings. The molecule has 2 amide bonds. The Bertz CT molecular complexity index is 1270. The molecule has 2 atom stereocenters. The van der Waals surface area contributed by atoms with E-state index in [-0.39, 0.29) is 35.8 Å². The van der Waals surface area contributed by atoms with Crippen LogP contribution in [-0.2, 0) is 0 Å². The van der Waals surface area contributed by atoms with Crippen molar-refractivity contribution in [3.8, 4) is 6.07 Å². The molecule has 1 aromatic heterocycles. The third kappa shape index (κ3) is 6.20.